The van der Waals surface area contributed by atoms with Crippen LogP contribution in [0.2, 0.25) is 0 Å². The number of ether oxygens (including phenoxy) is 1. The maximum atomic E-state index is 5.36. The number of hydrogen-bond donors (Lipinski definition) is 1. The second kappa shape index (κ2) is 5.02. The van der Waals surface area contributed by atoms with Gasteiger partial charge in [0.1, 0.15) is 5.75 Å². The minimum atomic E-state index is 0.955. The molecule has 0 spiro atoms. The van der Waals surface area contributed by atoms with Gasteiger partial charge in [-0.1, -0.05) is 12.1 Å². The van der Waals surface area contributed by atoms with Gasteiger partial charge in [-0.25, -0.2) is 0 Å². The van der Waals surface area contributed by atoms with Gasteiger partial charge < -0.3 is 15.0 Å². The Kier molecular flexibility index (Phi) is 3.24. The number of nitrogens with one attached hydrogen (secondary N) is 1. The van der Waals surface area contributed by atoms with E-state index in [0.717, 1.165) is 44.8 Å². The molecule has 1 fully saturated rings. The van der Waals surface area contributed by atoms with Gasteiger partial charge in [-0.3, -0.25) is 0 Å². The number of piperazine rings is 1. The Morgan fingerprint density at radius 1 is 1.22 bits per heavy atom. The molecule has 1 N–H and O–H groups in total. The molecule has 1 aliphatic carbocycles. The molecule has 1 heterocycles. The minimum absolute atomic E-state index is 0.955. The summed E-state index contributed by atoms with van der Waals surface area (Å²) in [5, 5.41) is 3.41. The summed E-state index contributed by atoms with van der Waals surface area (Å²) >= 11 is 0. The summed E-state index contributed by atoms with van der Waals surface area (Å²) in [7, 11) is 1.73. The van der Waals surface area contributed by atoms with Crippen molar-refractivity contribution in [1.82, 2.24) is 10.2 Å². The van der Waals surface area contributed by atoms with E-state index in [2.05, 4.69) is 34.5 Å². The molecule has 1 aromatic carbocycles. The largest absolute Gasteiger partial charge is 0.497 e. The third-order valence-electron chi connectivity index (χ3n) is 3.80. The van der Waals surface area contributed by atoms with E-state index in [9.17, 15) is 0 Å². The standard InChI is InChI=1S/C15H20N2O/c1-18-13-6-5-12-3-2-4-15(14(12)11-13)17-9-7-16-8-10-17/h4-6,11,16H,2-3,7-10H2,1H3. The summed E-state index contributed by atoms with van der Waals surface area (Å²) in [5.41, 5.74) is 4.21. The molecule has 0 atom stereocenters. The lowest BCUT2D eigenvalue weighted by molar-refractivity contribution is 0.339. The topological polar surface area (TPSA) is 24.5 Å². The number of allylic oxidation sites excluding steroid dienone is 1. The van der Waals surface area contributed by atoms with Gasteiger partial charge in [0.25, 0.3) is 0 Å². The van der Waals surface area contributed by atoms with Crippen LogP contribution in [0.25, 0.3) is 5.70 Å². The fourth-order valence-electron chi connectivity index (χ4n) is 2.82. The summed E-state index contributed by atoms with van der Waals surface area (Å²) in [4.78, 5) is 2.49. The fourth-order valence-corrected chi connectivity index (χ4v) is 2.82. The van der Waals surface area contributed by atoms with E-state index in [1.54, 1.807) is 7.11 Å². The van der Waals surface area contributed by atoms with E-state index in [0.29, 0.717) is 0 Å². The van der Waals surface area contributed by atoms with Crippen molar-refractivity contribution < 1.29 is 4.74 Å². The van der Waals surface area contributed by atoms with Crippen molar-refractivity contribution in [2.24, 2.45) is 0 Å². The molecular formula is C15H20N2O. The van der Waals surface area contributed by atoms with Gasteiger partial charge in [-0.2, -0.15) is 0 Å². The lowest BCUT2D eigenvalue weighted by Gasteiger charge is -2.34. The molecule has 3 nitrogen and oxygen atoms in total. The van der Waals surface area contributed by atoms with Crippen LogP contribution >= 0.6 is 0 Å². The predicted octanol–water partition coefficient (Wildman–Crippen LogP) is 1.89. The molecule has 1 aliphatic heterocycles. The van der Waals surface area contributed by atoms with Crippen LogP contribution in [0.3, 0.4) is 0 Å². The van der Waals surface area contributed by atoms with Gasteiger partial charge in [0.2, 0.25) is 0 Å². The number of hydrogen-bond acceptors (Lipinski definition) is 3. The van der Waals surface area contributed by atoms with E-state index in [1.807, 2.05) is 0 Å². The van der Waals surface area contributed by atoms with Crippen LogP contribution in [0.4, 0.5) is 0 Å². The molecule has 18 heavy (non-hydrogen) atoms. The molecule has 0 amide bonds. The van der Waals surface area contributed by atoms with Crippen LogP contribution in [-0.2, 0) is 6.42 Å². The summed E-state index contributed by atoms with van der Waals surface area (Å²) in [6.07, 6.45) is 4.68. The molecule has 0 radical (unpaired) electrons. The molecule has 0 saturated carbocycles. The van der Waals surface area contributed by atoms with Gasteiger partial charge in [0.15, 0.2) is 0 Å². The number of benzene rings is 1. The lowest BCUT2D eigenvalue weighted by Crippen LogP contribution is -2.42. The van der Waals surface area contributed by atoms with Crippen LogP contribution < -0.4 is 10.1 Å². The first-order valence-corrected chi connectivity index (χ1v) is 6.71. The SMILES string of the molecule is COc1ccc2c(c1)C(N1CCNCC1)=CCC2. The Morgan fingerprint density at radius 2 is 2.06 bits per heavy atom. The van der Waals surface area contributed by atoms with Crippen molar-refractivity contribution in [3.8, 4) is 5.75 Å². The zero-order chi connectivity index (χ0) is 12.4. The molecular weight excluding hydrogens is 224 g/mol. The average molecular weight is 244 g/mol. The molecule has 0 aromatic heterocycles. The first-order valence-electron chi connectivity index (χ1n) is 6.71. The molecule has 2 aliphatic rings. The third kappa shape index (κ3) is 2.10. The molecule has 0 unspecified atom stereocenters. The van der Waals surface area contributed by atoms with Gasteiger partial charge in [-0.15, -0.1) is 0 Å². The molecule has 1 saturated heterocycles. The maximum absolute atomic E-state index is 5.36. The number of aryl methyl sites for hydroxylation is 1. The van der Waals surface area contributed by atoms with Crippen LogP contribution in [-0.4, -0.2) is 38.2 Å². The number of nitrogens with zero attached hydrogens (tertiary/aromatic N) is 1. The lowest BCUT2D eigenvalue weighted by atomic mass is 9.93. The van der Waals surface area contributed by atoms with Gasteiger partial charge >= 0.3 is 0 Å². The monoisotopic (exact) mass is 244 g/mol. The van der Waals surface area contributed by atoms with Gasteiger partial charge in [0, 0.05) is 37.4 Å². The third-order valence-corrected chi connectivity index (χ3v) is 3.80. The Hall–Kier alpha value is -1.48. The first kappa shape index (κ1) is 11.6. The van der Waals surface area contributed by atoms with Crippen molar-refractivity contribution >= 4 is 5.70 Å². The fraction of sp³-hybridized carbons (Fsp3) is 0.467. The van der Waals surface area contributed by atoms with Crippen molar-refractivity contribution in [2.45, 2.75) is 12.8 Å². The highest BCUT2D eigenvalue weighted by molar-refractivity contribution is 5.70. The van der Waals surface area contributed by atoms with E-state index in [-0.39, 0.29) is 0 Å². The van der Waals surface area contributed by atoms with E-state index in [1.165, 1.54) is 16.8 Å². The van der Waals surface area contributed by atoms with E-state index < -0.39 is 0 Å². The Labute approximate surface area is 108 Å². The Bertz CT molecular complexity index is 462. The quantitative estimate of drug-likeness (QED) is 0.860. The smallest absolute Gasteiger partial charge is 0.119 e. The highest BCUT2D eigenvalue weighted by Crippen LogP contribution is 2.32. The van der Waals surface area contributed by atoms with Crippen LogP contribution in [0.5, 0.6) is 5.75 Å². The second-order valence-corrected chi connectivity index (χ2v) is 4.89. The predicted molar refractivity (Wildman–Crippen MR) is 73.7 cm³/mol. The molecule has 96 valence electrons. The Balaban J connectivity index is 1.94. The highest BCUT2D eigenvalue weighted by atomic mass is 16.5. The maximum Gasteiger partial charge on any atom is 0.119 e. The second-order valence-electron chi connectivity index (χ2n) is 4.89. The van der Waals surface area contributed by atoms with E-state index in [4.69, 9.17) is 4.74 Å². The molecule has 3 rings (SSSR count). The average Bonchev–Trinajstić information content (AvgIpc) is 2.47. The summed E-state index contributed by atoms with van der Waals surface area (Å²) in [6.45, 7) is 4.36. The summed E-state index contributed by atoms with van der Waals surface area (Å²) < 4.78 is 5.36. The van der Waals surface area contributed by atoms with Gasteiger partial charge in [-0.05, 0) is 30.5 Å². The number of fused-ring (bicyclic) bond motifs is 1. The first-order chi connectivity index (χ1) is 8.88. The van der Waals surface area contributed by atoms with E-state index >= 15 is 0 Å². The van der Waals surface area contributed by atoms with Crippen molar-refractivity contribution in [3.63, 3.8) is 0 Å². The Morgan fingerprint density at radius 3 is 2.83 bits per heavy atom. The van der Waals surface area contributed by atoms with Gasteiger partial charge in [0.05, 0.1) is 7.11 Å². The van der Waals surface area contributed by atoms with Crippen LogP contribution in [0.1, 0.15) is 17.5 Å². The van der Waals surface area contributed by atoms with Crippen molar-refractivity contribution in [2.75, 3.05) is 33.3 Å². The number of methoxy groups -OCH3 is 1. The molecule has 3 heteroatoms. The van der Waals surface area contributed by atoms with Crippen LogP contribution in [0, 0.1) is 0 Å². The minimum Gasteiger partial charge on any atom is -0.497 e. The zero-order valence-corrected chi connectivity index (χ0v) is 10.9. The highest BCUT2D eigenvalue weighted by Gasteiger charge is 2.20. The molecule has 1 aromatic rings. The normalized spacial score (nSPS) is 19.2. The van der Waals surface area contributed by atoms with Crippen LogP contribution in [0.15, 0.2) is 24.3 Å². The summed E-state index contributed by atoms with van der Waals surface area (Å²) in [5.74, 6) is 0.955. The molecule has 0 bridgehead atoms. The van der Waals surface area contributed by atoms with Crippen molar-refractivity contribution in [1.29, 1.82) is 0 Å². The summed E-state index contributed by atoms with van der Waals surface area (Å²) in [6, 6.07) is 6.46. The van der Waals surface area contributed by atoms with Crippen molar-refractivity contribution in [3.05, 3.63) is 35.4 Å². The number of rotatable bonds is 2. The zero-order valence-electron chi connectivity index (χ0n) is 10.9.